The number of amides is 1. The molecule has 0 radical (unpaired) electrons. The summed E-state index contributed by atoms with van der Waals surface area (Å²) in [5.74, 6) is 0.833. The first-order chi connectivity index (χ1) is 9.45. The molecule has 1 aliphatic heterocycles. The number of hydrogen-bond donors (Lipinski definition) is 1. The Morgan fingerprint density at radius 3 is 2.70 bits per heavy atom. The molecule has 20 heavy (non-hydrogen) atoms. The molecule has 2 rings (SSSR count). The molecule has 4 heteroatoms. The van der Waals surface area contributed by atoms with Crippen LogP contribution in [0, 0.1) is 5.92 Å². The van der Waals surface area contributed by atoms with Crippen LogP contribution in [0.1, 0.15) is 32.4 Å². The van der Waals surface area contributed by atoms with Gasteiger partial charge in [-0.25, -0.2) is 0 Å². The van der Waals surface area contributed by atoms with E-state index in [4.69, 9.17) is 10.5 Å². The van der Waals surface area contributed by atoms with E-state index in [0.717, 1.165) is 17.0 Å². The number of hydrogen-bond acceptors (Lipinski definition) is 3. The highest BCUT2D eigenvalue weighted by molar-refractivity contribution is 6.00. The van der Waals surface area contributed by atoms with Crippen molar-refractivity contribution in [3.05, 3.63) is 36.4 Å². The SMILES string of the molecule is C=CCN1C(=O)C(C(C)C)Oc2ccc(C(C)N)cc21. The van der Waals surface area contributed by atoms with Gasteiger partial charge >= 0.3 is 0 Å². The molecule has 0 fully saturated rings. The summed E-state index contributed by atoms with van der Waals surface area (Å²) in [6, 6.07) is 5.69. The molecule has 0 saturated heterocycles. The quantitative estimate of drug-likeness (QED) is 0.859. The maximum absolute atomic E-state index is 12.5. The van der Waals surface area contributed by atoms with Gasteiger partial charge in [-0.05, 0) is 30.5 Å². The summed E-state index contributed by atoms with van der Waals surface area (Å²) in [5, 5.41) is 0. The summed E-state index contributed by atoms with van der Waals surface area (Å²) < 4.78 is 5.85. The smallest absolute Gasteiger partial charge is 0.268 e. The molecule has 4 nitrogen and oxygen atoms in total. The molecule has 0 aromatic heterocycles. The van der Waals surface area contributed by atoms with Crippen molar-refractivity contribution < 1.29 is 9.53 Å². The zero-order valence-corrected chi connectivity index (χ0v) is 12.3. The lowest BCUT2D eigenvalue weighted by Gasteiger charge is -2.36. The molecule has 0 spiro atoms. The van der Waals surface area contributed by atoms with Gasteiger partial charge < -0.3 is 15.4 Å². The lowest BCUT2D eigenvalue weighted by atomic mass is 10.0. The minimum absolute atomic E-state index is 0.0192. The number of fused-ring (bicyclic) bond motifs is 1. The van der Waals surface area contributed by atoms with Crippen LogP contribution in [-0.4, -0.2) is 18.6 Å². The van der Waals surface area contributed by atoms with Crippen LogP contribution >= 0.6 is 0 Å². The van der Waals surface area contributed by atoms with Gasteiger partial charge in [0.2, 0.25) is 0 Å². The highest BCUT2D eigenvalue weighted by atomic mass is 16.5. The number of anilines is 1. The number of carbonyl (C=O) groups is 1. The van der Waals surface area contributed by atoms with E-state index < -0.39 is 6.10 Å². The number of benzene rings is 1. The number of nitrogens with zero attached hydrogens (tertiary/aromatic N) is 1. The first-order valence-corrected chi connectivity index (χ1v) is 6.94. The number of ether oxygens (including phenoxy) is 1. The maximum atomic E-state index is 12.5. The lowest BCUT2D eigenvalue weighted by molar-refractivity contribution is -0.128. The predicted octanol–water partition coefficient (Wildman–Crippen LogP) is 2.64. The van der Waals surface area contributed by atoms with Crippen molar-refractivity contribution in [3.63, 3.8) is 0 Å². The number of rotatable bonds is 4. The Labute approximate surface area is 120 Å². The summed E-state index contributed by atoms with van der Waals surface area (Å²) in [6.45, 7) is 10.1. The molecule has 1 aromatic rings. The van der Waals surface area contributed by atoms with Gasteiger partial charge in [0.1, 0.15) is 5.75 Å². The third kappa shape index (κ3) is 2.56. The fourth-order valence-corrected chi connectivity index (χ4v) is 2.33. The van der Waals surface area contributed by atoms with E-state index in [2.05, 4.69) is 6.58 Å². The van der Waals surface area contributed by atoms with Gasteiger partial charge in [0.25, 0.3) is 5.91 Å². The van der Waals surface area contributed by atoms with E-state index in [9.17, 15) is 4.79 Å². The van der Waals surface area contributed by atoms with Crippen LogP contribution in [0.15, 0.2) is 30.9 Å². The molecule has 0 bridgehead atoms. The molecule has 2 N–H and O–H groups in total. The van der Waals surface area contributed by atoms with Crippen LogP contribution in [0.5, 0.6) is 5.75 Å². The average Bonchev–Trinajstić information content (AvgIpc) is 2.40. The Morgan fingerprint density at radius 1 is 1.45 bits per heavy atom. The first-order valence-electron chi connectivity index (χ1n) is 6.94. The number of nitrogens with two attached hydrogens (primary N) is 1. The molecule has 1 aromatic carbocycles. The minimum atomic E-state index is -0.441. The normalized spacial score (nSPS) is 19.6. The summed E-state index contributed by atoms with van der Waals surface area (Å²) in [6.07, 6.45) is 1.28. The third-order valence-corrected chi connectivity index (χ3v) is 3.48. The average molecular weight is 274 g/mol. The van der Waals surface area contributed by atoms with Crippen LogP contribution in [0.2, 0.25) is 0 Å². The van der Waals surface area contributed by atoms with Gasteiger partial charge in [0.15, 0.2) is 6.10 Å². The second-order valence-corrected chi connectivity index (χ2v) is 5.54. The summed E-state index contributed by atoms with van der Waals surface area (Å²) in [7, 11) is 0. The topological polar surface area (TPSA) is 55.6 Å². The highest BCUT2D eigenvalue weighted by Crippen LogP contribution is 2.37. The van der Waals surface area contributed by atoms with Crippen molar-refractivity contribution in [2.45, 2.75) is 32.9 Å². The summed E-state index contributed by atoms with van der Waals surface area (Å²) in [4.78, 5) is 14.2. The largest absolute Gasteiger partial charge is 0.478 e. The molecule has 2 unspecified atom stereocenters. The van der Waals surface area contributed by atoms with Gasteiger partial charge in [-0.1, -0.05) is 26.0 Å². The van der Waals surface area contributed by atoms with E-state index in [-0.39, 0.29) is 17.9 Å². The van der Waals surface area contributed by atoms with Gasteiger partial charge in [0.05, 0.1) is 5.69 Å². The van der Waals surface area contributed by atoms with Crippen LogP contribution in [-0.2, 0) is 4.79 Å². The van der Waals surface area contributed by atoms with Crippen LogP contribution in [0.3, 0.4) is 0 Å². The van der Waals surface area contributed by atoms with E-state index in [0.29, 0.717) is 6.54 Å². The molecular weight excluding hydrogens is 252 g/mol. The van der Waals surface area contributed by atoms with Gasteiger partial charge in [-0.3, -0.25) is 4.79 Å². The molecule has 1 aliphatic rings. The fraction of sp³-hybridized carbons (Fsp3) is 0.438. The van der Waals surface area contributed by atoms with Gasteiger partial charge in [-0.15, -0.1) is 6.58 Å². The van der Waals surface area contributed by atoms with Crippen molar-refractivity contribution in [3.8, 4) is 5.75 Å². The molecule has 108 valence electrons. The van der Waals surface area contributed by atoms with Crippen molar-refractivity contribution in [1.82, 2.24) is 0 Å². The lowest BCUT2D eigenvalue weighted by Crippen LogP contribution is -2.48. The van der Waals surface area contributed by atoms with Crippen LogP contribution in [0.4, 0.5) is 5.69 Å². The van der Waals surface area contributed by atoms with Crippen LogP contribution < -0.4 is 15.4 Å². The monoisotopic (exact) mass is 274 g/mol. The van der Waals surface area contributed by atoms with E-state index in [1.54, 1.807) is 11.0 Å². The second-order valence-electron chi connectivity index (χ2n) is 5.54. The standard InChI is InChI=1S/C16H22N2O2/c1-5-8-18-13-9-12(11(4)17)6-7-14(13)20-15(10(2)3)16(18)19/h5-7,9-11,15H,1,8,17H2,2-4H3. The molecule has 0 saturated carbocycles. The molecule has 1 heterocycles. The minimum Gasteiger partial charge on any atom is -0.478 e. The molecular formula is C16H22N2O2. The molecule has 0 aliphatic carbocycles. The van der Waals surface area contributed by atoms with Crippen molar-refractivity contribution in [1.29, 1.82) is 0 Å². The summed E-state index contributed by atoms with van der Waals surface area (Å²) >= 11 is 0. The summed E-state index contributed by atoms with van der Waals surface area (Å²) in [5.41, 5.74) is 7.67. The Morgan fingerprint density at radius 2 is 2.15 bits per heavy atom. The van der Waals surface area contributed by atoms with Crippen molar-refractivity contribution in [2.75, 3.05) is 11.4 Å². The zero-order chi connectivity index (χ0) is 14.9. The van der Waals surface area contributed by atoms with E-state index >= 15 is 0 Å². The Hall–Kier alpha value is -1.81. The van der Waals surface area contributed by atoms with Gasteiger partial charge in [0, 0.05) is 12.6 Å². The third-order valence-electron chi connectivity index (χ3n) is 3.48. The van der Waals surface area contributed by atoms with E-state index in [1.807, 2.05) is 39.0 Å². The van der Waals surface area contributed by atoms with Crippen molar-refractivity contribution >= 4 is 11.6 Å². The van der Waals surface area contributed by atoms with Crippen LogP contribution in [0.25, 0.3) is 0 Å². The zero-order valence-electron chi connectivity index (χ0n) is 12.3. The fourth-order valence-electron chi connectivity index (χ4n) is 2.33. The second kappa shape index (κ2) is 5.67. The molecule has 1 amide bonds. The predicted molar refractivity (Wildman–Crippen MR) is 80.8 cm³/mol. The highest BCUT2D eigenvalue weighted by Gasteiger charge is 2.35. The Balaban J connectivity index is 2.48. The Bertz CT molecular complexity index is 523. The Kier molecular flexibility index (Phi) is 4.14. The van der Waals surface area contributed by atoms with E-state index in [1.165, 1.54) is 0 Å². The first kappa shape index (κ1) is 14.6. The number of carbonyl (C=O) groups excluding carboxylic acids is 1. The maximum Gasteiger partial charge on any atom is 0.268 e. The van der Waals surface area contributed by atoms with Gasteiger partial charge in [-0.2, -0.15) is 0 Å². The molecule has 2 atom stereocenters. The van der Waals surface area contributed by atoms with Crippen molar-refractivity contribution in [2.24, 2.45) is 11.7 Å².